The lowest BCUT2D eigenvalue weighted by atomic mass is 9.57. The largest absolute Gasteiger partial charge is 0.381 e. The highest BCUT2D eigenvalue weighted by Gasteiger charge is 2.56. The van der Waals surface area contributed by atoms with Crippen molar-refractivity contribution in [3.05, 3.63) is 0 Å². The fourth-order valence-electron chi connectivity index (χ4n) is 4.25. The number of carbonyl (C=O) groups is 1. The molecule has 0 bridgehead atoms. The zero-order valence-electron chi connectivity index (χ0n) is 12.0. The average Bonchev–Trinajstić information content (AvgIpc) is 2.48. The first-order valence-electron chi connectivity index (χ1n) is 7.96. The Morgan fingerprint density at radius 2 is 1.79 bits per heavy atom. The highest BCUT2D eigenvalue weighted by atomic mass is 16.5. The second-order valence-corrected chi connectivity index (χ2v) is 6.62. The van der Waals surface area contributed by atoms with Gasteiger partial charge in [-0.3, -0.25) is 4.79 Å². The van der Waals surface area contributed by atoms with Crippen LogP contribution in [0, 0.1) is 5.41 Å². The smallest absolute Gasteiger partial charge is 0.144 e. The minimum atomic E-state index is -0.0851. The molecule has 3 saturated carbocycles. The van der Waals surface area contributed by atoms with Gasteiger partial charge in [0.25, 0.3) is 0 Å². The molecule has 3 nitrogen and oxygen atoms in total. The molecule has 3 fully saturated rings. The van der Waals surface area contributed by atoms with E-state index >= 15 is 0 Å². The van der Waals surface area contributed by atoms with Crippen molar-refractivity contribution >= 4 is 5.78 Å². The Labute approximate surface area is 116 Å². The van der Waals surface area contributed by atoms with E-state index in [0.29, 0.717) is 24.4 Å². The molecule has 0 N–H and O–H groups in total. The number of ether oxygens (including phenoxy) is 2. The second kappa shape index (κ2) is 5.53. The van der Waals surface area contributed by atoms with Crippen LogP contribution in [-0.2, 0) is 14.3 Å². The number of methoxy groups -OCH3 is 1. The van der Waals surface area contributed by atoms with Gasteiger partial charge in [0.2, 0.25) is 0 Å². The van der Waals surface area contributed by atoms with E-state index in [0.717, 1.165) is 32.1 Å². The van der Waals surface area contributed by atoms with Gasteiger partial charge < -0.3 is 9.47 Å². The predicted octanol–water partition coefficient (Wildman–Crippen LogP) is 3.25. The molecule has 0 aromatic heterocycles. The van der Waals surface area contributed by atoms with Crippen LogP contribution in [0.5, 0.6) is 0 Å². The standard InChI is InChI=1S/C16H26O3/c1-18-12-6-5-7-13(10-12)19-15-11-14(17)16(15)8-3-2-4-9-16/h12-13,15H,2-11H2,1H3. The summed E-state index contributed by atoms with van der Waals surface area (Å²) < 4.78 is 11.8. The minimum absolute atomic E-state index is 0.0851. The Morgan fingerprint density at radius 1 is 1.05 bits per heavy atom. The molecular formula is C16H26O3. The molecule has 0 aliphatic heterocycles. The molecule has 0 radical (unpaired) electrons. The lowest BCUT2D eigenvalue weighted by Gasteiger charge is -2.51. The third kappa shape index (κ3) is 2.47. The Kier molecular flexibility index (Phi) is 3.95. The molecule has 0 amide bonds. The van der Waals surface area contributed by atoms with Crippen molar-refractivity contribution in [1.82, 2.24) is 0 Å². The monoisotopic (exact) mass is 266 g/mol. The number of hydrogen-bond donors (Lipinski definition) is 0. The molecule has 3 aliphatic rings. The van der Waals surface area contributed by atoms with Gasteiger partial charge in [0, 0.05) is 13.5 Å². The zero-order valence-corrected chi connectivity index (χ0v) is 12.0. The fraction of sp³-hybridized carbons (Fsp3) is 0.938. The second-order valence-electron chi connectivity index (χ2n) is 6.62. The molecule has 0 saturated heterocycles. The molecule has 0 aromatic carbocycles. The van der Waals surface area contributed by atoms with Gasteiger partial charge in [-0.05, 0) is 38.5 Å². The Bertz CT molecular complexity index is 333. The van der Waals surface area contributed by atoms with Crippen molar-refractivity contribution in [2.45, 2.75) is 82.5 Å². The van der Waals surface area contributed by atoms with E-state index in [2.05, 4.69) is 0 Å². The molecule has 3 unspecified atom stereocenters. The first-order chi connectivity index (χ1) is 9.24. The van der Waals surface area contributed by atoms with E-state index in [-0.39, 0.29) is 11.5 Å². The van der Waals surface area contributed by atoms with E-state index in [1.165, 1.54) is 25.7 Å². The summed E-state index contributed by atoms with van der Waals surface area (Å²) in [5.74, 6) is 0.469. The van der Waals surface area contributed by atoms with Crippen LogP contribution in [-0.4, -0.2) is 31.2 Å². The first kappa shape index (κ1) is 13.6. The Morgan fingerprint density at radius 3 is 2.47 bits per heavy atom. The SMILES string of the molecule is COC1CCCC(OC2CC(=O)C23CCCCC3)C1. The quantitative estimate of drug-likeness (QED) is 0.786. The van der Waals surface area contributed by atoms with Crippen molar-refractivity contribution in [1.29, 1.82) is 0 Å². The minimum Gasteiger partial charge on any atom is -0.381 e. The average molecular weight is 266 g/mol. The van der Waals surface area contributed by atoms with Crippen LogP contribution in [0.3, 0.4) is 0 Å². The van der Waals surface area contributed by atoms with Crippen LogP contribution in [0.4, 0.5) is 0 Å². The normalized spacial score (nSPS) is 38.2. The number of Topliss-reactive ketones (excluding diaryl/α,β-unsaturated/α-hetero) is 1. The molecule has 0 aromatic rings. The van der Waals surface area contributed by atoms with E-state index in [4.69, 9.17) is 9.47 Å². The van der Waals surface area contributed by atoms with Crippen molar-refractivity contribution in [2.24, 2.45) is 5.41 Å². The fourth-order valence-corrected chi connectivity index (χ4v) is 4.25. The van der Waals surface area contributed by atoms with Gasteiger partial charge in [-0.25, -0.2) is 0 Å². The molecule has 1 spiro atoms. The molecular weight excluding hydrogens is 240 g/mol. The van der Waals surface area contributed by atoms with Crippen LogP contribution in [0.2, 0.25) is 0 Å². The van der Waals surface area contributed by atoms with Crippen molar-refractivity contribution < 1.29 is 14.3 Å². The number of ketones is 1. The van der Waals surface area contributed by atoms with Crippen molar-refractivity contribution in [3.8, 4) is 0 Å². The number of carbonyl (C=O) groups excluding carboxylic acids is 1. The summed E-state index contributed by atoms with van der Waals surface area (Å²) in [6.45, 7) is 0. The van der Waals surface area contributed by atoms with Crippen LogP contribution >= 0.6 is 0 Å². The molecule has 3 heteroatoms. The van der Waals surface area contributed by atoms with Gasteiger partial charge in [-0.15, -0.1) is 0 Å². The van der Waals surface area contributed by atoms with E-state index in [9.17, 15) is 4.79 Å². The summed E-state index contributed by atoms with van der Waals surface area (Å²) in [5, 5.41) is 0. The van der Waals surface area contributed by atoms with Gasteiger partial charge in [-0.2, -0.15) is 0 Å². The summed E-state index contributed by atoms with van der Waals surface area (Å²) in [4.78, 5) is 12.1. The highest BCUT2D eigenvalue weighted by Crippen LogP contribution is 2.51. The van der Waals surface area contributed by atoms with Gasteiger partial charge in [0.05, 0.1) is 23.7 Å². The number of rotatable bonds is 3. The Balaban J connectivity index is 1.59. The van der Waals surface area contributed by atoms with E-state index in [1.54, 1.807) is 7.11 Å². The van der Waals surface area contributed by atoms with Crippen LogP contribution in [0.15, 0.2) is 0 Å². The highest BCUT2D eigenvalue weighted by molar-refractivity contribution is 5.92. The summed E-state index contributed by atoms with van der Waals surface area (Å²) in [5.41, 5.74) is -0.0851. The lowest BCUT2D eigenvalue weighted by Crippen LogP contribution is -2.57. The summed E-state index contributed by atoms with van der Waals surface area (Å²) >= 11 is 0. The topological polar surface area (TPSA) is 35.5 Å². The van der Waals surface area contributed by atoms with Crippen LogP contribution in [0.1, 0.15) is 64.2 Å². The van der Waals surface area contributed by atoms with E-state index < -0.39 is 0 Å². The maximum absolute atomic E-state index is 12.1. The molecule has 3 rings (SSSR count). The van der Waals surface area contributed by atoms with E-state index in [1.807, 2.05) is 0 Å². The lowest BCUT2D eigenvalue weighted by molar-refractivity contribution is -0.183. The van der Waals surface area contributed by atoms with Crippen molar-refractivity contribution in [2.75, 3.05) is 7.11 Å². The van der Waals surface area contributed by atoms with Crippen molar-refractivity contribution in [3.63, 3.8) is 0 Å². The van der Waals surface area contributed by atoms with Gasteiger partial charge in [0.1, 0.15) is 5.78 Å². The molecule has 3 aliphatic carbocycles. The van der Waals surface area contributed by atoms with Crippen LogP contribution in [0.25, 0.3) is 0 Å². The maximum Gasteiger partial charge on any atom is 0.144 e. The summed E-state index contributed by atoms with van der Waals surface area (Å²) in [6, 6.07) is 0. The molecule has 3 atom stereocenters. The maximum atomic E-state index is 12.1. The third-order valence-electron chi connectivity index (χ3n) is 5.56. The number of hydrogen-bond acceptors (Lipinski definition) is 3. The molecule has 108 valence electrons. The summed E-state index contributed by atoms with van der Waals surface area (Å²) in [6.07, 6.45) is 11.9. The van der Waals surface area contributed by atoms with Gasteiger partial charge in [0.15, 0.2) is 0 Å². The molecule has 19 heavy (non-hydrogen) atoms. The molecule has 0 heterocycles. The predicted molar refractivity (Wildman–Crippen MR) is 73.1 cm³/mol. The first-order valence-corrected chi connectivity index (χ1v) is 7.96. The third-order valence-corrected chi connectivity index (χ3v) is 5.56. The van der Waals surface area contributed by atoms with Gasteiger partial charge >= 0.3 is 0 Å². The van der Waals surface area contributed by atoms with Gasteiger partial charge in [-0.1, -0.05) is 19.3 Å². The van der Waals surface area contributed by atoms with Crippen LogP contribution < -0.4 is 0 Å². The Hall–Kier alpha value is -0.410. The summed E-state index contributed by atoms with van der Waals surface area (Å²) in [7, 11) is 1.79. The zero-order chi connectivity index (χ0) is 13.3.